The molecule has 0 fully saturated rings. The highest BCUT2D eigenvalue weighted by molar-refractivity contribution is 6.05. The maximum Gasteiger partial charge on any atom is 0.160 e. The molecule has 0 aliphatic heterocycles. The van der Waals surface area contributed by atoms with Crippen molar-refractivity contribution in [2.45, 2.75) is 38.5 Å². The summed E-state index contributed by atoms with van der Waals surface area (Å²) in [5.74, 6) is 0.621. The minimum Gasteiger partial charge on any atom is -0.227 e. The van der Waals surface area contributed by atoms with Crippen LogP contribution in [0.1, 0.15) is 61.1 Å². The third kappa shape index (κ3) is 6.49. The average molecular weight is 869 g/mol. The van der Waals surface area contributed by atoms with Crippen LogP contribution in [-0.2, 0) is 10.8 Å². The summed E-state index contributed by atoms with van der Waals surface area (Å²) < 4.78 is 0. The van der Waals surface area contributed by atoms with Crippen molar-refractivity contribution in [2.75, 3.05) is 0 Å². The minimum absolute atomic E-state index is 0.159. The van der Waals surface area contributed by atoms with E-state index in [0.29, 0.717) is 17.0 Å². The highest BCUT2D eigenvalue weighted by atomic mass is 14.9. The average Bonchev–Trinajstić information content (AvgIpc) is 3.76. The zero-order chi connectivity index (χ0) is 46.3. The van der Waals surface area contributed by atoms with Crippen LogP contribution in [-0.4, -0.2) is 9.97 Å². The maximum atomic E-state index is 9.68. The molecule has 1 heterocycles. The van der Waals surface area contributed by atoms with E-state index in [1.54, 1.807) is 0 Å². The van der Waals surface area contributed by atoms with E-state index >= 15 is 0 Å². The zero-order valence-electron chi connectivity index (χ0n) is 38.3. The second-order valence-electron chi connectivity index (χ2n) is 19.2. The van der Waals surface area contributed by atoms with E-state index in [1.807, 2.05) is 48.5 Å². The normalized spacial score (nSPS) is 13.5. The third-order valence-electron chi connectivity index (χ3n) is 14.6. The fourth-order valence-electron chi connectivity index (χ4n) is 10.9. The Labute approximate surface area is 397 Å². The first-order chi connectivity index (χ1) is 33.1. The van der Waals surface area contributed by atoms with Crippen LogP contribution in [0, 0.1) is 22.7 Å². The number of hydrogen-bond donors (Lipinski definition) is 0. The fourth-order valence-corrected chi connectivity index (χ4v) is 10.9. The largest absolute Gasteiger partial charge is 0.227 e. The Kier molecular flexibility index (Phi) is 9.27. The molecule has 1 aromatic heterocycles. The van der Waals surface area contributed by atoms with Gasteiger partial charge in [0.15, 0.2) is 5.82 Å². The van der Waals surface area contributed by atoms with Gasteiger partial charge in [0.1, 0.15) is 0 Å². The zero-order valence-corrected chi connectivity index (χ0v) is 38.3. The van der Waals surface area contributed by atoms with Gasteiger partial charge in [-0.15, -0.1) is 0 Å². The standard InChI is InChI=1S/C64H44N4/c1-63(2)56-17-7-5-15-50(56)52-29-27-47(35-58(52)63)49-33-54(48-28-30-53-51-16-6-8-18-57(51)64(3,4)59(53)36-48)61-55(34-49)60(43-23-19-41(20-24-43)45-13-9-11-39(31-45)37-65)67-62(68-61)44-25-21-42(22-26-44)46-14-10-12-40(32-46)38-66/h5-36H,1-4H3. The van der Waals surface area contributed by atoms with Crippen LogP contribution in [0.3, 0.4) is 0 Å². The number of rotatable bonds is 6. The number of fused-ring (bicyclic) bond motifs is 7. The molecule has 0 bridgehead atoms. The number of benzene rings is 9. The molecule has 0 radical (unpaired) electrons. The maximum absolute atomic E-state index is 9.68. The molecule has 0 saturated heterocycles. The van der Waals surface area contributed by atoms with Crippen LogP contribution in [0.5, 0.6) is 0 Å². The van der Waals surface area contributed by atoms with Crippen LogP contribution in [0.2, 0.25) is 0 Å². The van der Waals surface area contributed by atoms with Gasteiger partial charge in [0, 0.05) is 32.9 Å². The molecule has 2 aliphatic carbocycles. The van der Waals surface area contributed by atoms with Crippen molar-refractivity contribution in [3.8, 4) is 102 Å². The van der Waals surface area contributed by atoms with E-state index in [1.165, 1.54) is 44.5 Å². The van der Waals surface area contributed by atoms with Gasteiger partial charge in [-0.25, -0.2) is 9.97 Å². The summed E-state index contributed by atoms with van der Waals surface area (Å²) in [5, 5.41) is 20.2. The quantitative estimate of drug-likeness (QED) is 0.167. The smallest absolute Gasteiger partial charge is 0.160 e. The Balaban J connectivity index is 1.10. The minimum atomic E-state index is -0.190. The van der Waals surface area contributed by atoms with Crippen LogP contribution in [0.25, 0.3) is 100 Å². The molecule has 2 aliphatic rings. The highest BCUT2D eigenvalue weighted by Gasteiger charge is 2.37. The molecule has 4 nitrogen and oxygen atoms in total. The first-order valence-electron chi connectivity index (χ1n) is 23.2. The molecule has 10 aromatic rings. The Morgan fingerprint density at radius 1 is 0.338 bits per heavy atom. The van der Waals surface area contributed by atoms with Gasteiger partial charge < -0.3 is 0 Å². The van der Waals surface area contributed by atoms with Crippen molar-refractivity contribution in [2.24, 2.45) is 0 Å². The molecule has 0 unspecified atom stereocenters. The summed E-state index contributed by atoms with van der Waals surface area (Å²) in [5.41, 5.74) is 23.3. The van der Waals surface area contributed by atoms with E-state index in [2.05, 4.69) is 185 Å². The summed E-state index contributed by atoms with van der Waals surface area (Å²) in [6.45, 7) is 9.33. The van der Waals surface area contributed by atoms with Gasteiger partial charge in [-0.05, 0) is 132 Å². The third-order valence-corrected chi connectivity index (χ3v) is 14.6. The lowest BCUT2D eigenvalue weighted by molar-refractivity contribution is 0.660. The molecule has 9 aromatic carbocycles. The lowest BCUT2D eigenvalue weighted by atomic mass is 9.81. The summed E-state index contributed by atoms with van der Waals surface area (Å²) in [4.78, 5) is 11.0. The molecule has 0 N–H and O–H groups in total. The molecular weight excluding hydrogens is 825 g/mol. The van der Waals surface area contributed by atoms with E-state index < -0.39 is 0 Å². The van der Waals surface area contributed by atoms with Gasteiger partial charge in [0.25, 0.3) is 0 Å². The summed E-state index contributed by atoms with van der Waals surface area (Å²) in [6, 6.07) is 73.0. The topological polar surface area (TPSA) is 73.4 Å². The van der Waals surface area contributed by atoms with Crippen LogP contribution >= 0.6 is 0 Å². The fraction of sp³-hybridized carbons (Fsp3) is 0.0938. The van der Waals surface area contributed by atoms with Crippen LogP contribution in [0.15, 0.2) is 194 Å². The Hall–Kier alpha value is -8.70. The first-order valence-corrected chi connectivity index (χ1v) is 23.2. The summed E-state index contributed by atoms with van der Waals surface area (Å²) >= 11 is 0. The van der Waals surface area contributed by atoms with E-state index in [4.69, 9.17) is 9.97 Å². The van der Waals surface area contributed by atoms with Crippen molar-refractivity contribution >= 4 is 10.9 Å². The molecule has 0 spiro atoms. The lowest BCUT2D eigenvalue weighted by Gasteiger charge is -2.23. The molecule has 0 saturated carbocycles. The van der Waals surface area contributed by atoms with Crippen molar-refractivity contribution in [3.63, 3.8) is 0 Å². The predicted octanol–water partition coefficient (Wildman–Crippen LogP) is 16.0. The number of nitriles is 2. The van der Waals surface area contributed by atoms with Crippen LogP contribution in [0.4, 0.5) is 0 Å². The second-order valence-corrected chi connectivity index (χ2v) is 19.2. The van der Waals surface area contributed by atoms with Crippen molar-refractivity contribution in [3.05, 3.63) is 228 Å². The first kappa shape index (κ1) is 40.8. The van der Waals surface area contributed by atoms with E-state index in [9.17, 15) is 10.5 Å². The van der Waals surface area contributed by atoms with Crippen molar-refractivity contribution < 1.29 is 0 Å². The Morgan fingerprint density at radius 2 is 0.794 bits per heavy atom. The SMILES string of the molecule is CC1(C)c2ccccc2-c2ccc(-c3cc(-c4ccc5c(c4)C(C)(C)c4ccccc4-5)c4nc(-c5ccc(-c6cccc(C#N)c6)cc5)nc(-c5ccc(-c6cccc(C#N)c6)cc5)c4c3)cc21. The van der Waals surface area contributed by atoms with Crippen LogP contribution < -0.4 is 0 Å². The highest BCUT2D eigenvalue weighted by Crippen LogP contribution is 2.52. The van der Waals surface area contributed by atoms with Gasteiger partial charge in [0.05, 0.1) is 34.5 Å². The summed E-state index contributed by atoms with van der Waals surface area (Å²) in [7, 11) is 0. The van der Waals surface area contributed by atoms with E-state index in [-0.39, 0.29) is 10.8 Å². The number of nitrogens with zero attached hydrogens (tertiary/aromatic N) is 4. The number of aromatic nitrogens is 2. The Morgan fingerprint density at radius 3 is 1.35 bits per heavy atom. The van der Waals surface area contributed by atoms with Gasteiger partial charge in [0.2, 0.25) is 0 Å². The molecule has 0 amide bonds. The second kappa shape index (κ2) is 15.5. The van der Waals surface area contributed by atoms with E-state index in [0.717, 1.165) is 72.2 Å². The molecule has 12 rings (SSSR count). The molecular formula is C64H44N4. The number of hydrogen-bond acceptors (Lipinski definition) is 4. The molecule has 68 heavy (non-hydrogen) atoms. The Bertz CT molecular complexity index is 3800. The van der Waals surface area contributed by atoms with Gasteiger partial charge >= 0.3 is 0 Å². The monoisotopic (exact) mass is 868 g/mol. The van der Waals surface area contributed by atoms with Gasteiger partial charge in [-0.2, -0.15) is 10.5 Å². The van der Waals surface area contributed by atoms with Gasteiger partial charge in [-0.1, -0.05) is 173 Å². The van der Waals surface area contributed by atoms with Crippen molar-refractivity contribution in [1.29, 1.82) is 10.5 Å². The summed E-state index contributed by atoms with van der Waals surface area (Å²) in [6.07, 6.45) is 0. The molecule has 320 valence electrons. The van der Waals surface area contributed by atoms with Crippen molar-refractivity contribution in [1.82, 2.24) is 9.97 Å². The molecule has 0 atom stereocenters. The lowest BCUT2D eigenvalue weighted by Crippen LogP contribution is -2.15. The molecule has 4 heteroatoms. The van der Waals surface area contributed by atoms with Gasteiger partial charge in [-0.3, -0.25) is 0 Å². The predicted molar refractivity (Wildman–Crippen MR) is 277 cm³/mol.